The highest BCUT2D eigenvalue weighted by Gasteiger charge is 2.41. The monoisotopic (exact) mass is 431 g/mol. The maximum Gasteiger partial charge on any atom is 0.272 e. The first-order valence-corrected chi connectivity index (χ1v) is 12.3. The Kier molecular flexibility index (Phi) is 7.75. The van der Waals surface area contributed by atoms with Crippen molar-refractivity contribution in [1.29, 1.82) is 0 Å². The van der Waals surface area contributed by atoms with E-state index in [9.17, 15) is 4.79 Å². The van der Waals surface area contributed by atoms with Crippen molar-refractivity contribution in [2.24, 2.45) is 11.8 Å². The average Bonchev–Trinajstić information content (AvgIpc) is 3.65. The smallest absolute Gasteiger partial charge is 0.272 e. The number of pyridine rings is 1. The van der Waals surface area contributed by atoms with Gasteiger partial charge in [-0.15, -0.1) is 0 Å². The summed E-state index contributed by atoms with van der Waals surface area (Å²) in [4.78, 5) is 22.8. The van der Waals surface area contributed by atoms with Gasteiger partial charge in [0.15, 0.2) is 0 Å². The van der Waals surface area contributed by atoms with Gasteiger partial charge in [-0.05, 0) is 74.7 Å². The average molecular weight is 432 g/mol. The van der Waals surface area contributed by atoms with E-state index >= 15 is 0 Å². The van der Waals surface area contributed by atoms with Gasteiger partial charge >= 0.3 is 0 Å². The number of piperidine rings is 1. The van der Waals surface area contributed by atoms with E-state index in [4.69, 9.17) is 0 Å². The second-order valence-electron chi connectivity index (χ2n) is 9.73. The fourth-order valence-corrected chi connectivity index (χ4v) is 4.91. The topological polar surface area (TPSA) is 36.4 Å². The lowest BCUT2D eigenvalue weighted by atomic mass is 9.84. The number of carbonyl (C=O) groups excluding carboxylic acids is 1. The predicted molar refractivity (Wildman–Crippen MR) is 131 cm³/mol. The number of amides is 1. The zero-order chi connectivity index (χ0) is 22.3. The van der Waals surface area contributed by atoms with Gasteiger partial charge in [-0.25, -0.2) is 0 Å². The van der Waals surface area contributed by atoms with E-state index in [1.807, 2.05) is 18.2 Å². The van der Waals surface area contributed by atoms with E-state index in [1.54, 1.807) is 6.20 Å². The van der Waals surface area contributed by atoms with Gasteiger partial charge in [-0.2, -0.15) is 0 Å². The summed E-state index contributed by atoms with van der Waals surface area (Å²) >= 11 is 0. The van der Waals surface area contributed by atoms with Crippen molar-refractivity contribution >= 4 is 5.91 Å². The van der Waals surface area contributed by atoms with Gasteiger partial charge in [0.25, 0.3) is 5.91 Å². The van der Waals surface area contributed by atoms with Crippen LogP contribution in [-0.4, -0.2) is 52.4 Å². The molecule has 2 fully saturated rings. The Morgan fingerprint density at radius 3 is 2.41 bits per heavy atom. The molecule has 1 atom stereocenters. The fraction of sp³-hybridized carbons (Fsp3) is 0.500. The summed E-state index contributed by atoms with van der Waals surface area (Å²) in [5, 5.41) is 0. The Morgan fingerprint density at radius 2 is 1.78 bits per heavy atom. The quantitative estimate of drug-likeness (QED) is 0.511. The lowest BCUT2D eigenvalue weighted by Gasteiger charge is -2.41. The number of nitrogens with zero attached hydrogens (tertiary/aromatic N) is 3. The minimum absolute atomic E-state index is 0.108. The van der Waals surface area contributed by atoms with Crippen molar-refractivity contribution < 1.29 is 4.79 Å². The molecule has 32 heavy (non-hydrogen) atoms. The normalized spacial score (nSPS) is 18.8. The third-order valence-corrected chi connectivity index (χ3v) is 6.76. The number of rotatable bonds is 9. The van der Waals surface area contributed by atoms with Gasteiger partial charge in [-0.1, -0.05) is 62.4 Å². The number of benzene rings is 1. The molecule has 1 amide bonds. The molecule has 0 spiro atoms. The Hall–Kier alpha value is -2.46. The molecule has 0 bridgehead atoms. The summed E-state index contributed by atoms with van der Waals surface area (Å²) in [6, 6.07) is 16.9. The van der Waals surface area contributed by atoms with Gasteiger partial charge in [0, 0.05) is 24.8 Å². The number of likely N-dealkylation sites (tertiary alicyclic amines) is 1. The van der Waals surface area contributed by atoms with E-state index in [0.29, 0.717) is 23.6 Å². The fourth-order valence-electron chi connectivity index (χ4n) is 4.91. The maximum absolute atomic E-state index is 13.6. The maximum atomic E-state index is 13.6. The first-order valence-electron chi connectivity index (χ1n) is 12.3. The first-order chi connectivity index (χ1) is 15.6. The third-order valence-electron chi connectivity index (χ3n) is 6.76. The van der Waals surface area contributed by atoms with Crippen LogP contribution >= 0.6 is 0 Å². The molecule has 1 aromatic heterocycles. The van der Waals surface area contributed by atoms with Crippen LogP contribution in [-0.2, 0) is 6.42 Å². The van der Waals surface area contributed by atoms with E-state index < -0.39 is 0 Å². The van der Waals surface area contributed by atoms with Crippen LogP contribution in [0.1, 0.15) is 55.6 Å². The molecule has 170 valence electrons. The molecule has 2 aliphatic rings. The van der Waals surface area contributed by atoms with E-state index in [0.717, 1.165) is 51.7 Å². The van der Waals surface area contributed by atoms with Gasteiger partial charge < -0.3 is 4.90 Å². The molecule has 0 radical (unpaired) electrons. The molecule has 4 rings (SSSR count). The summed E-state index contributed by atoms with van der Waals surface area (Å²) in [6.07, 6.45) is 11.8. The molecule has 4 heteroatoms. The molecule has 1 saturated carbocycles. The van der Waals surface area contributed by atoms with Crippen LogP contribution < -0.4 is 0 Å². The molecular formula is C28H37N3O. The largest absolute Gasteiger partial charge is 0.331 e. The van der Waals surface area contributed by atoms with Crippen molar-refractivity contribution in [1.82, 2.24) is 14.8 Å². The summed E-state index contributed by atoms with van der Waals surface area (Å²) in [6.45, 7) is 7.70. The van der Waals surface area contributed by atoms with Crippen molar-refractivity contribution in [3.8, 4) is 0 Å². The van der Waals surface area contributed by atoms with Crippen LogP contribution in [0.5, 0.6) is 0 Å². The number of aromatic nitrogens is 1. The predicted octanol–water partition coefficient (Wildman–Crippen LogP) is 5.22. The Bertz CT molecular complexity index is 868. The highest BCUT2D eigenvalue weighted by Crippen LogP contribution is 2.36. The first kappa shape index (κ1) is 22.7. The Morgan fingerprint density at radius 1 is 1.06 bits per heavy atom. The molecule has 2 aromatic rings. The highest BCUT2D eigenvalue weighted by atomic mass is 16.2. The number of hydrogen-bond acceptors (Lipinski definition) is 3. The molecule has 1 aliphatic carbocycles. The van der Waals surface area contributed by atoms with Crippen LogP contribution in [0.15, 0.2) is 66.9 Å². The van der Waals surface area contributed by atoms with Crippen LogP contribution in [0, 0.1) is 11.8 Å². The Balaban J connectivity index is 1.52. The van der Waals surface area contributed by atoms with Gasteiger partial charge in [0.05, 0.1) is 0 Å². The number of allylic oxidation sites excluding steroid dienone is 1. The van der Waals surface area contributed by atoms with Gasteiger partial charge in [-0.3, -0.25) is 14.7 Å². The van der Waals surface area contributed by atoms with E-state index in [-0.39, 0.29) is 11.9 Å². The second kappa shape index (κ2) is 10.9. The zero-order valence-electron chi connectivity index (χ0n) is 19.6. The highest BCUT2D eigenvalue weighted by molar-refractivity contribution is 5.93. The van der Waals surface area contributed by atoms with Crippen molar-refractivity contribution in [3.63, 3.8) is 0 Å². The molecule has 2 heterocycles. The summed E-state index contributed by atoms with van der Waals surface area (Å²) in [7, 11) is 0. The van der Waals surface area contributed by atoms with E-state index in [1.165, 1.54) is 5.56 Å². The SMILES string of the molecule is CC(C)/C=C/CN1CCC([C@@H](Cc2ccccc2)N(C(=O)c2ccccn2)C2CC2)CC1. The van der Waals surface area contributed by atoms with Gasteiger partial charge in [0.1, 0.15) is 5.69 Å². The lowest BCUT2D eigenvalue weighted by molar-refractivity contribution is 0.0491. The van der Waals surface area contributed by atoms with Crippen LogP contribution in [0.4, 0.5) is 0 Å². The third kappa shape index (κ3) is 6.07. The van der Waals surface area contributed by atoms with Crippen LogP contribution in [0.3, 0.4) is 0 Å². The zero-order valence-corrected chi connectivity index (χ0v) is 19.6. The summed E-state index contributed by atoms with van der Waals surface area (Å²) < 4.78 is 0. The van der Waals surface area contributed by atoms with Crippen molar-refractivity contribution in [2.75, 3.05) is 19.6 Å². The van der Waals surface area contributed by atoms with Crippen LogP contribution in [0.2, 0.25) is 0 Å². The molecule has 0 N–H and O–H groups in total. The minimum atomic E-state index is 0.108. The van der Waals surface area contributed by atoms with Crippen molar-refractivity contribution in [3.05, 3.63) is 78.1 Å². The van der Waals surface area contributed by atoms with Crippen molar-refractivity contribution in [2.45, 2.75) is 58.0 Å². The molecule has 4 nitrogen and oxygen atoms in total. The van der Waals surface area contributed by atoms with Gasteiger partial charge in [0.2, 0.25) is 0 Å². The van der Waals surface area contributed by atoms with Crippen LogP contribution in [0.25, 0.3) is 0 Å². The molecule has 0 unspecified atom stereocenters. The minimum Gasteiger partial charge on any atom is -0.331 e. The number of hydrogen-bond donors (Lipinski definition) is 0. The molecule has 1 aliphatic heterocycles. The van der Waals surface area contributed by atoms with E-state index in [2.05, 4.69) is 71.1 Å². The molecule has 1 aromatic carbocycles. The summed E-state index contributed by atoms with van der Waals surface area (Å²) in [5.74, 6) is 1.23. The molecule has 1 saturated heterocycles. The lowest BCUT2D eigenvalue weighted by Crippen LogP contribution is -2.50. The summed E-state index contributed by atoms with van der Waals surface area (Å²) in [5.41, 5.74) is 1.90. The Labute approximate surface area is 193 Å². The molecular weight excluding hydrogens is 394 g/mol. The second-order valence-corrected chi connectivity index (χ2v) is 9.73. The standard InChI is InChI=1S/C28H37N3O/c1-22(2)9-8-18-30-19-15-24(16-20-30)27(21-23-10-4-3-5-11-23)31(25-13-14-25)28(32)26-12-6-7-17-29-26/h3-12,17,22,24-25,27H,13-16,18-21H2,1-2H3/b9-8+/t27-/m1/s1. The number of carbonyl (C=O) groups is 1.